The van der Waals surface area contributed by atoms with Gasteiger partial charge >= 0.3 is 0 Å². The Hall–Kier alpha value is -4.82. The van der Waals surface area contributed by atoms with Gasteiger partial charge in [0.1, 0.15) is 12.3 Å². The number of nitrogen functional groups attached to an aromatic ring is 1. The Bertz CT molecular complexity index is 1490. The summed E-state index contributed by atoms with van der Waals surface area (Å²) in [5.41, 5.74) is 11.9. The highest BCUT2D eigenvalue weighted by molar-refractivity contribution is 5.95. The van der Waals surface area contributed by atoms with Gasteiger partial charge in [0.25, 0.3) is 5.91 Å². The molecule has 1 aliphatic rings. The lowest BCUT2D eigenvalue weighted by molar-refractivity contribution is 0.0335. The van der Waals surface area contributed by atoms with Crippen molar-refractivity contribution in [3.63, 3.8) is 0 Å². The maximum Gasteiger partial charge on any atom is 0.292 e. The Morgan fingerprint density at radius 3 is 2.66 bits per heavy atom. The number of morpholine rings is 1. The van der Waals surface area contributed by atoms with Gasteiger partial charge in [0.15, 0.2) is 17.2 Å². The van der Waals surface area contributed by atoms with E-state index in [-0.39, 0.29) is 17.3 Å². The molecule has 1 fully saturated rings. The van der Waals surface area contributed by atoms with Gasteiger partial charge in [-0.2, -0.15) is 9.78 Å². The average molecular weight is 562 g/mol. The Labute approximate surface area is 236 Å². The van der Waals surface area contributed by atoms with E-state index in [4.69, 9.17) is 24.6 Å². The monoisotopic (exact) mass is 561 g/mol. The Morgan fingerprint density at radius 1 is 1.12 bits per heavy atom. The average Bonchev–Trinajstić information content (AvgIpc) is 3.59. The summed E-state index contributed by atoms with van der Waals surface area (Å²) >= 11 is 0. The molecular weight excluding hydrogens is 530 g/mol. The number of aryl methyl sites for hydroxylation is 1. The standard InChI is InChI=1S/C27H31N9O5/c1-3-39-23-14-20(8-9-22(23)40-17-19-6-4-18(2)5-7-19)15-29-31-27(37)24-21(16-35-10-12-38-13-11-35)30-34-36(24)26-25(28)32-41-33-26/h4-9,14-15H,3,10-13,16-17H2,1-2H3,(H2,28,32)(H,31,37)/b29-15+. The molecular formula is C27H31N9O5. The van der Waals surface area contributed by atoms with E-state index in [2.05, 4.69) is 36.1 Å². The number of rotatable bonds is 11. The van der Waals surface area contributed by atoms with E-state index in [0.717, 1.165) is 5.56 Å². The number of nitrogens with one attached hydrogen (secondary N) is 1. The summed E-state index contributed by atoms with van der Waals surface area (Å²) in [6.45, 7) is 7.78. The molecule has 0 saturated carbocycles. The van der Waals surface area contributed by atoms with E-state index >= 15 is 0 Å². The molecule has 214 valence electrons. The largest absolute Gasteiger partial charge is 0.490 e. The molecule has 4 aromatic rings. The molecule has 1 amide bonds. The topological polar surface area (TPSA) is 168 Å². The van der Waals surface area contributed by atoms with E-state index in [1.54, 1.807) is 6.07 Å². The predicted octanol–water partition coefficient (Wildman–Crippen LogP) is 2.11. The van der Waals surface area contributed by atoms with Gasteiger partial charge in [-0.05, 0) is 53.5 Å². The SMILES string of the molecule is CCOc1cc(/C=N/NC(=O)c2c(CN3CCOCC3)nnn2-c2nonc2N)ccc1OCc1ccc(C)cc1. The van der Waals surface area contributed by atoms with Crippen molar-refractivity contribution < 1.29 is 23.6 Å². The van der Waals surface area contributed by atoms with E-state index < -0.39 is 5.91 Å². The van der Waals surface area contributed by atoms with Gasteiger partial charge in [0.05, 0.1) is 26.0 Å². The molecule has 0 spiro atoms. The number of benzene rings is 2. The van der Waals surface area contributed by atoms with Gasteiger partial charge in [-0.25, -0.2) is 10.1 Å². The minimum absolute atomic E-state index is 0.0292. The van der Waals surface area contributed by atoms with Crippen molar-refractivity contribution in [2.45, 2.75) is 27.0 Å². The number of amides is 1. The third-order valence-electron chi connectivity index (χ3n) is 6.29. The summed E-state index contributed by atoms with van der Waals surface area (Å²) in [5.74, 6) is 0.648. The van der Waals surface area contributed by atoms with E-state index in [1.807, 2.05) is 50.2 Å². The molecule has 3 heterocycles. The number of hydrogen-bond donors (Lipinski definition) is 2. The fourth-order valence-corrected chi connectivity index (χ4v) is 4.16. The second-order valence-corrected chi connectivity index (χ2v) is 9.27. The van der Waals surface area contributed by atoms with Crippen LogP contribution in [0, 0.1) is 6.92 Å². The van der Waals surface area contributed by atoms with Crippen LogP contribution in [0.25, 0.3) is 5.82 Å². The van der Waals surface area contributed by atoms with Crippen LogP contribution in [-0.4, -0.2) is 75.2 Å². The van der Waals surface area contributed by atoms with Crippen molar-refractivity contribution in [2.75, 3.05) is 38.6 Å². The minimum atomic E-state index is -0.556. The van der Waals surface area contributed by atoms with Crippen LogP contribution in [0.2, 0.25) is 0 Å². The van der Waals surface area contributed by atoms with Crippen molar-refractivity contribution in [2.24, 2.45) is 5.10 Å². The number of nitrogens with two attached hydrogens (primary N) is 1. The first kappa shape index (κ1) is 27.7. The third kappa shape index (κ3) is 6.85. The summed E-state index contributed by atoms with van der Waals surface area (Å²) in [7, 11) is 0. The predicted molar refractivity (Wildman–Crippen MR) is 148 cm³/mol. The zero-order valence-electron chi connectivity index (χ0n) is 22.8. The minimum Gasteiger partial charge on any atom is -0.490 e. The Morgan fingerprint density at radius 2 is 1.93 bits per heavy atom. The maximum atomic E-state index is 13.3. The van der Waals surface area contributed by atoms with Crippen molar-refractivity contribution in [1.82, 2.24) is 35.6 Å². The number of carbonyl (C=O) groups excluding carboxylic acids is 1. The second kappa shape index (κ2) is 13.0. The summed E-state index contributed by atoms with van der Waals surface area (Å²) in [6.07, 6.45) is 1.51. The summed E-state index contributed by atoms with van der Waals surface area (Å²) in [4.78, 5) is 15.4. The molecule has 41 heavy (non-hydrogen) atoms. The van der Waals surface area contributed by atoms with Gasteiger partial charge in [-0.15, -0.1) is 5.10 Å². The van der Waals surface area contributed by atoms with Crippen LogP contribution in [0.15, 0.2) is 52.2 Å². The molecule has 0 aliphatic carbocycles. The van der Waals surface area contributed by atoms with Gasteiger partial charge in [-0.1, -0.05) is 35.0 Å². The number of aromatic nitrogens is 5. The van der Waals surface area contributed by atoms with Crippen LogP contribution in [0.5, 0.6) is 11.5 Å². The fraction of sp³-hybridized carbons (Fsp3) is 0.333. The lowest BCUT2D eigenvalue weighted by Gasteiger charge is -2.25. The second-order valence-electron chi connectivity index (χ2n) is 9.27. The zero-order chi connectivity index (χ0) is 28.6. The molecule has 2 aromatic carbocycles. The molecule has 0 unspecified atom stereocenters. The number of nitrogens with zero attached hydrogens (tertiary/aromatic N) is 7. The molecule has 5 rings (SSSR count). The first-order chi connectivity index (χ1) is 20.0. The molecule has 14 heteroatoms. The van der Waals surface area contributed by atoms with Gasteiger partial charge in [-0.3, -0.25) is 9.69 Å². The van der Waals surface area contributed by atoms with Crippen LogP contribution in [-0.2, 0) is 17.9 Å². The highest BCUT2D eigenvalue weighted by Crippen LogP contribution is 2.29. The number of ether oxygens (including phenoxy) is 3. The summed E-state index contributed by atoms with van der Waals surface area (Å²) < 4.78 is 23.1. The summed E-state index contributed by atoms with van der Waals surface area (Å²) in [6, 6.07) is 13.6. The maximum absolute atomic E-state index is 13.3. The molecule has 1 saturated heterocycles. The third-order valence-corrected chi connectivity index (χ3v) is 6.29. The highest BCUT2D eigenvalue weighted by Gasteiger charge is 2.26. The molecule has 0 atom stereocenters. The zero-order valence-corrected chi connectivity index (χ0v) is 22.8. The number of anilines is 1. The fourth-order valence-electron chi connectivity index (χ4n) is 4.16. The molecule has 0 radical (unpaired) electrons. The van der Waals surface area contributed by atoms with E-state index in [0.29, 0.717) is 68.8 Å². The van der Waals surface area contributed by atoms with E-state index in [9.17, 15) is 4.79 Å². The van der Waals surface area contributed by atoms with Crippen LogP contribution in [0.1, 0.15) is 39.8 Å². The van der Waals surface area contributed by atoms with Crippen LogP contribution >= 0.6 is 0 Å². The Balaban J connectivity index is 1.30. The lowest BCUT2D eigenvalue weighted by atomic mass is 10.2. The Kier molecular flexibility index (Phi) is 8.81. The van der Waals surface area contributed by atoms with Crippen molar-refractivity contribution in [3.8, 4) is 17.3 Å². The smallest absolute Gasteiger partial charge is 0.292 e. The van der Waals surface area contributed by atoms with Crippen LogP contribution in [0.4, 0.5) is 5.82 Å². The molecule has 0 bridgehead atoms. The molecule has 14 nitrogen and oxygen atoms in total. The first-order valence-electron chi connectivity index (χ1n) is 13.1. The van der Waals surface area contributed by atoms with Crippen molar-refractivity contribution in [3.05, 3.63) is 70.5 Å². The number of hydrazone groups is 1. The normalized spacial score (nSPS) is 13.9. The van der Waals surface area contributed by atoms with E-state index in [1.165, 1.54) is 16.5 Å². The lowest BCUT2D eigenvalue weighted by Crippen LogP contribution is -2.36. The quantitative estimate of drug-likeness (QED) is 0.203. The van der Waals surface area contributed by atoms with Crippen LogP contribution < -0.4 is 20.6 Å². The number of hydrogen-bond acceptors (Lipinski definition) is 12. The number of carbonyl (C=O) groups is 1. The molecule has 3 N–H and O–H groups in total. The van der Waals surface area contributed by atoms with Gasteiger partial charge < -0.3 is 19.9 Å². The van der Waals surface area contributed by atoms with Crippen LogP contribution in [0.3, 0.4) is 0 Å². The van der Waals surface area contributed by atoms with Gasteiger partial charge in [0, 0.05) is 19.6 Å². The van der Waals surface area contributed by atoms with Crippen molar-refractivity contribution in [1.29, 1.82) is 0 Å². The first-order valence-corrected chi connectivity index (χ1v) is 13.1. The molecule has 1 aliphatic heterocycles. The highest BCUT2D eigenvalue weighted by atomic mass is 16.6. The summed E-state index contributed by atoms with van der Waals surface area (Å²) in [5, 5.41) is 19.8. The van der Waals surface area contributed by atoms with Gasteiger partial charge in [0.2, 0.25) is 11.6 Å². The molecule has 2 aromatic heterocycles. The van der Waals surface area contributed by atoms with Crippen molar-refractivity contribution >= 4 is 17.9 Å².